The molecule has 1 aliphatic carbocycles. The molecular formula is C21H27ClN4O2. The lowest BCUT2D eigenvalue weighted by Crippen LogP contribution is -2.38. The molecule has 0 bridgehead atoms. The predicted octanol–water partition coefficient (Wildman–Crippen LogP) is 4.02. The summed E-state index contributed by atoms with van der Waals surface area (Å²) in [5.41, 5.74) is 1.49. The molecular weight excluding hydrogens is 376 g/mol. The molecule has 0 unspecified atom stereocenters. The Morgan fingerprint density at radius 2 is 1.89 bits per heavy atom. The Kier molecular flexibility index (Phi) is 5.79. The Balaban J connectivity index is 1.83. The van der Waals surface area contributed by atoms with E-state index in [-0.39, 0.29) is 29.7 Å². The molecule has 0 saturated heterocycles. The number of hydrogen-bond donors (Lipinski definition) is 1. The van der Waals surface area contributed by atoms with Gasteiger partial charge >= 0.3 is 0 Å². The number of likely N-dealkylation sites (N-methyl/N-ethyl adjacent to an activating group) is 1. The van der Waals surface area contributed by atoms with Gasteiger partial charge in [0.2, 0.25) is 11.8 Å². The molecule has 1 saturated carbocycles. The quantitative estimate of drug-likeness (QED) is 0.793. The fraction of sp³-hybridized carbons (Fsp3) is 0.476. The molecule has 1 aromatic carbocycles. The monoisotopic (exact) mass is 402 g/mol. The second-order valence-electron chi connectivity index (χ2n) is 8.23. The summed E-state index contributed by atoms with van der Waals surface area (Å²) >= 11 is 6.00. The smallest absolute Gasteiger partial charge is 0.245 e. The Bertz CT molecular complexity index is 864. The Hall–Kier alpha value is -2.34. The topological polar surface area (TPSA) is 67.2 Å². The van der Waals surface area contributed by atoms with Crippen molar-refractivity contribution < 1.29 is 9.59 Å². The summed E-state index contributed by atoms with van der Waals surface area (Å²) in [6.07, 6.45) is 1.85. The van der Waals surface area contributed by atoms with E-state index in [1.807, 2.05) is 25.1 Å². The highest BCUT2D eigenvalue weighted by atomic mass is 35.5. The van der Waals surface area contributed by atoms with E-state index in [9.17, 15) is 9.59 Å². The van der Waals surface area contributed by atoms with Gasteiger partial charge in [0.1, 0.15) is 5.82 Å². The van der Waals surface area contributed by atoms with E-state index in [0.717, 1.165) is 24.2 Å². The number of carbonyl (C=O) groups is 2. The van der Waals surface area contributed by atoms with Crippen molar-refractivity contribution in [2.75, 3.05) is 18.4 Å². The van der Waals surface area contributed by atoms with Crippen LogP contribution in [0.25, 0.3) is 5.69 Å². The number of carbonyl (C=O) groups excluding carboxylic acids is 2. The van der Waals surface area contributed by atoms with E-state index >= 15 is 0 Å². The van der Waals surface area contributed by atoms with Crippen LogP contribution in [0.15, 0.2) is 30.3 Å². The second kappa shape index (κ2) is 7.95. The normalized spacial score (nSPS) is 14.0. The Morgan fingerprint density at radius 1 is 1.25 bits per heavy atom. The summed E-state index contributed by atoms with van der Waals surface area (Å²) in [6.45, 7) is 8.67. The molecule has 0 radical (unpaired) electrons. The van der Waals surface area contributed by atoms with Crippen LogP contribution in [0.3, 0.4) is 0 Å². The van der Waals surface area contributed by atoms with Crippen molar-refractivity contribution in [1.82, 2.24) is 14.7 Å². The number of halogens is 1. The van der Waals surface area contributed by atoms with E-state index in [1.165, 1.54) is 0 Å². The zero-order valence-electron chi connectivity index (χ0n) is 16.8. The van der Waals surface area contributed by atoms with Crippen molar-refractivity contribution in [3.8, 4) is 5.69 Å². The maximum atomic E-state index is 12.7. The van der Waals surface area contributed by atoms with Gasteiger partial charge in [0.05, 0.1) is 17.9 Å². The van der Waals surface area contributed by atoms with Crippen LogP contribution >= 0.6 is 11.6 Å². The third-order valence-electron chi connectivity index (χ3n) is 4.77. The number of amides is 2. The zero-order valence-corrected chi connectivity index (χ0v) is 17.6. The number of aromatic nitrogens is 2. The van der Waals surface area contributed by atoms with Gasteiger partial charge in [0, 0.05) is 29.0 Å². The summed E-state index contributed by atoms with van der Waals surface area (Å²) < 4.78 is 1.70. The lowest BCUT2D eigenvalue weighted by Gasteiger charge is -2.20. The van der Waals surface area contributed by atoms with Crippen LogP contribution in [-0.4, -0.2) is 39.6 Å². The van der Waals surface area contributed by atoms with E-state index in [4.69, 9.17) is 11.6 Å². The first-order valence-corrected chi connectivity index (χ1v) is 10.0. The van der Waals surface area contributed by atoms with Crippen LogP contribution in [-0.2, 0) is 15.0 Å². The largest absolute Gasteiger partial charge is 0.333 e. The van der Waals surface area contributed by atoms with Crippen LogP contribution in [0.1, 0.15) is 46.2 Å². The fourth-order valence-corrected chi connectivity index (χ4v) is 3.03. The average molecular weight is 403 g/mol. The SMILES string of the molecule is CCN(CC(=O)Nc1cc(C(C)(C)C)nn1-c1ccc(Cl)cc1)C(=O)C1CC1. The van der Waals surface area contributed by atoms with Gasteiger partial charge < -0.3 is 10.2 Å². The van der Waals surface area contributed by atoms with Crippen LogP contribution in [0.4, 0.5) is 5.82 Å². The third-order valence-corrected chi connectivity index (χ3v) is 5.02. The van der Waals surface area contributed by atoms with Crippen molar-refractivity contribution in [2.45, 2.75) is 46.0 Å². The van der Waals surface area contributed by atoms with E-state index in [1.54, 1.807) is 21.7 Å². The average Bonchev–Trinajstić information content (AvgIpc) is 3.39. The Labute approximate surface area is 170 Å². The van der Waals surface area contributed by atoms with Crippen LogP contribution in [0, 0.1) is 5.92 Å². The molecule has 1 aromatic heterocycles. The minimum atomic E-state index is -0.230. The summed E-state index contributed by atoms with van der Waals surface area (Å²) in [7, 11) is 0. The maximum Gasteiger partial charge on any atom is 0.245 e. The number of hydrogen-bond acceptors (Lipinski definition) is 3. The fourth-order valence-electron chi connectivity index (χ4n) is 2.91. The van der Waals surface area contributed by atoms with E-state index < -0.39 is 0 Å². The van der Waals surface area contributed by atoms with Crippen LogP contribution in [0.2, 0.25) is 5.02 Å². The zero-order chi connectivity index (χ0) is 20.5. The minimum Gasteiger partial charge on any atom is -0.333 e. The molecule has 1 aliphatic rings. The van der Waals surface area contributed by atoms with Gasteiger partial charge in [-0.1, -0.05) is 32.4 Å². The first kappa shape index (κ1) is 20.4. The molecule has 28 heavy (non-hydrogen) atoms. The molecule has 0 spiro atoms. The standard InChI is InChI=1S/C21H27ClN4O2/c1-5-25(20(28)14-6-7-14)13-19(27)23-18-12-17(21(2,3)4)24-26(18)16-10-8-15(22)9-11-16/h8-12,14H,5-7,13H2,1-4H3,(H,23,27). The van der Waals surface area contributed by atoms with Gasteiger partial charge in [-0.2, -0.15) is 5.10 Å². The number of nitrogens with one attached hydrogen (secondary N) is 1. The van der Waals surface area contributed by atoms with Gasteiger partial charge in [-0.3, -0.25) is 9.59 Å². The highest BCUT2D eigenvalue weighted by Gasteiger charge is 2.33. The van der Waals surface area contributed by atoms with E-state index in [0.29, 0.717) is 17.4 Å². The van der Waals surface area contributed by atoms with Crippen molar-refractivity contribution in [3.05, 3.63) is 41.0 Å². The van der Waals surface area contributed by atoms with Gasteiger partial charge in [-0.25, -0.2) is 4.68 Å². The van der Waals surface area contributed by atoms with Gasteiger partial charge in [-0.15, -0.1) is 0 Å². The number of benzene rings is 1. The third kappa shape index (κ3) is 4.73. The lowest BCUT2D eigenvalue weighted by molar-refractivity contribution is -0.135. The van der Waals surface area contributed by atoms with Crippen molar-refractivity contribution in [3.63, 3.8) is 0 Å². The number of rotatable bonds is 6. The van der Waals surface area contributed by atoms with Crippen molar-refractivity contribution >= 4 is 29.2 Å². The van der Waals surface area contributed by atoms with Gasteiger partial charge in [-0.05, 0) is 44.0 Å². The highest BCUT2D eigenvalue weighted by molar-refractivity contribution is 6.30. The molecule has 2 aromatic rings. The van der Waals surface area contributed by atoms with Crippen molar-refractivity contribution in [2.24, 2.45) is 5.92 Å². The summed E-state index contributed by atoms with van der Waals surface area (Å²) in [5.74, 6) is 0.512. The molecule has 0 atom stereocenters. The maximum absolute atomic E-state index is 12.7. The molecule has 2 amide bonds. The molecule has 1 heterocycles. The van der Waals surface area contributed by atoms with Gasteiger partial charge in [0.15, 0.2) is 0 Å². The molecule has 1 fully saturated rings. The van der Waals surface area contributed by atoms with E-state index in [2.05, 4.69) is 31.2 Å². The first-order chi connectivity index (χ1) is 13.2. The van der Waals surface area contributed by atoms with Gasteiger partial charge in [0.25, 0.3) is 0 Å². The second-order valence-corrected chi connectivity index (χ2v) is 8.66. The number of nitrogens with zero attached hydrogens (tertiary/aromatic N) is 3. The first-order valence-electron chi connectivity index (χ1n) is 9.64. The Morgan fingerprint density at radius 3 is 2.43 bits per heavy atom. The predicted molar refractivity (Wildman–Crippen MR) is 111 cm³/mol. The molecule has 3 rings (SSSR count). The molecule has 1 N–H and O–H groups in total. The molecule has 6 nitrogen and oxygen atoms in total. The summed E-state index contributed by atoms with van der Waals surface area (Å²) in [5, 5.41) is 8.25. The highest BCUT2D eigenvalue weighted by Crippen LogP contribution is 2.31. The molecule has 150 valence electrons. The van der Waals surface area contributed by atoms with Crippen LogP contribution in [0.5, 0.6) is 0 Å². The lowest BCUT2D eigenvalue weighted by atomic mass is 9.92. The molecule has 0 aliphatic heterocycles. The molecule has 7 heteroatoms. The van der Waals surface area contributed by atoms with Crippen LogP contribution < -0.4 is 5.32 Å². The minimum absolute atomic E-state index is 0.0441. The summed E-state index contributed by atoms with van der Waals surface area (Å²) in [6, 6.07) is 9.16. The summed E-state index contributed by atoms with van der Waals surface area (Å²) in [4.78, 5) is 26.6. The van der Waals surface area contributed by atoms with Crippen molar-refractivity contribution in [1.29, 1.82) is 0 Å². The number of anilines is 1.